The number of carbonyl (C=O) groups is 2. The summed E-state index contributed by atoms with van der Waals surface area (Å²) in [5.41, 5.74) is 0.620. The maximum atomic E-state index is 13.3. The molecule has 0 fully saturated rings. The molecule has 1 aromatic carbocycles. The molecule has 234 valence electrons. The lowest BCUT2D eigenvalue weighted by Gasteiger charge is -2.40. The van der Waals surface area contributed by atoms with Gasteiger partial charge in [0.2, 0.25) is 5.65 Å². The first-order valence-corrected chi connectivity index (χ1v) is 20.2. The lowest BCUT2D eigenvalue weighted by Crippen LogP contribution is -2.44. The normalized spacial score (nSPS) is 15.8. The van der Waals surface area contributed by atoms with Crippen molar-refractivity contribution < 1.29 is 36.9 Å². The highest BCUT2D eigenvalue weighted by molar-refractivity contribution is 7.53. The molecule has 0 radical (unpaired) electrons. The lowest BCUT2D eigenvalue weighted by molar-refractivity contribution is -0.118. The third-order valence-electron chi connectivity index (χ3n) is 7.40. The van der Waals surface area contributed by atoms with Crippen molar-refractivity contribution in [3.05, 3.63) is 48.0 Å². The van der Waals surface area contributed by atoms with Gasteiger partial charge in [-0.15, -0.1) is 0 Å². The van der Waals surface area contributed by atoms with Crippen LogP contribution >= 0.6 is 7.60 Å². The van der Waals surface area contributed by atoms with E-state index in [1.54, 1.807) is 38.1 Å². The number of anilines is 1. The van der Waals surface area contributed by atoms with Crippen LogP contribution in [0.3, 0.4) is 0 Å². The van der Waals surface area contributed by atoms with Crippen molar-refractivity contribution in [3.8, 4) is 0 Å². The van der Waals surface area contributed by atoms with Gasteiger partial charge >= 0.3 is 7.60 Å². The zero-order valence-electron chi connectivity index (χ0n) is 25.5. The maximum absolute atomic E-state index is 13.3. The van der Waals surface area contributed by atoms with E-state index in [0.29, 0.717) is 23.2 Å². The van der Waals surface area contributed by atoms with Crippen molar-refractivity contribution in [1.29, 1.82) is 0 Å². The van der Waals surface area contributed by atoms with Crippen LogP contribution in [0, 0.1) is 11.3 Å². The third-order valence-corrected chi connectivity index (χ3v) is 10.8. The van der Waals surface area contributed by atoms with Crippen LogP contribution in [0.2, 0.25) is 13.1 Å². The molecule has 0 bridgehead atoms. The highest BCUT2D eigenvalue weighted by Crippen LogP contribution is 2.50. The van der Waals surface area contributed by atoms with E-state index >= 15 is 0 Å². The van der Waals surface area contributed by atoms with E-state index in [4.69, 9.17) is 22.7 Å². The average molecular weight is 650 g/mol. The number of benzene rings is 1. The summed E-state index contributed by atoms with van der Waals surface area (Å²) in [7, 11) is -4.88. The molecule has 2 amide bonds. The molecule has 3 heterocycles. The summed E-state index contributed by atoms with van der Waals surface area (Å²) in [4.78, 5) is 46.5. The summed E-state index contributed by atoms with van der Waals surface area (Å²) in [6.45, 7) is 12.5. The van der Waals surface area contributed by atoms with Gasteiger partial charge in [0.05, 0.1) is 30.5 Å². The Morgan fingerprint density at radius 1 is 0.953 bits per heavy atom. The van der Waals surface area contributed by atoms with E-state index in [9.17, 15) is 14.2 Å². The van der Waals surface area contributed by atoms with Crippen LogP contribution in [0.5, 0.6) is 0 Å². The number of imide groups is 1. The van der Waals surface area contributed by atoms with Gasteiger partial charge < -0.3 is 22.7 Å². The number of rotatable bonds is 17. The van der Waals surface area contributed by atoms with Gasteiger partial charge in [-0.1, -0.05) is 39.1 Å². The van der Waals surface area contributed by atoms with Gasteiger partial charge in [0.25, 0.3) is 11.8 Å². The molecule has 0 N–H and O–H groups in total. The van der Waals surface area contributed by atoms with Gasteiger partial charge in [-0.25, -0.2) is 19.9 Å². The first-order chi connectivity index (χ1) is 20.6. The van der Waals surface area contributed by atoms with Crippen LogP contribution in [0.1, 0.15) is 54.8 Å². The van der Waals surface area contributed by atoms with Crippen molar-refractivity contribution in [2.24, 2.45) is 11.3 Å². The van der Waals surface area contributed by atoms with Crippen molar-refractivity contribution in [1.82, 2.24) is 19.7 Å². The standard InChI is InChI=1S/C27H40N5O8PSi2/c1-7-37-41(35,38-8-2)14-13-18(27(3,4)26(39-42-5)40-43-6)15-36-31-17-30-21-22(31)28-16-29-23(21)32-24(33)19-11-9-10-12-20(19)25(32)34/h9-12,16-18,26H,7-8,13-15,42-43H2,1-6H3. The third kappa shape index (κ3) is 6.98. The molecule has 0 saturated heterocycles. The van der Waals surface area contributed by atoms with E-state index in [1.807, 2.05) is 0 Å². The largest absolute Gasteiger partial charge is 0.410 e. The number of aromatic nitrogens is 4. The Labute approximate surface area is 256 Å². The number of nitrogens with zero attached hydrogens (tertiary/aromatic N) is 5. The lowest BCUT2D eigenvalue weighted by atomic mass is 9.77. The summed E-state index contributed by atoms with van der Waals surface area (Å²) >= 11 is 0. The molecular formula is C27H40N5O8PSi2. The fourth-order valence-electron chi connectivity index (χ4n) is 5.13. The minimum absolute atomic E-state index is 0.0764. The van der Waals surface area contributed by atoms with Crippen LogP contribution in [0.4, 0.5) is 5.82 Å². The maximum Gasteiger partial charge on any atom is 0.330 e. The van der Waals surface area contributed by atoms with Crippen molar-refractivity contribution in [2.45, 2.75) is 53.5 Å². The van der Waals surface area contributed by atoms with Crippen LogP contribution in [-0.2, 0) is 22.5 Å². The molecule has 2 aromatic heterocycles. The molecule has 3 aromatic rings. The van der Waals surface area contributed by atoms with E-state index in [1.165, 1.54) is 17.4 Å². The second-order valence-corrected chi connectivity index (χ2v) is 14.5. The summed E-state index contributed by atoms with van der Waals surface area (Å²) < 4.78 is 38.1. The number of fused-ring (bicyclic) bond motifs is 2. The topological polar surface area (TPSA) is 144 Å². The Bertz CT molecular complexity index is 1440. The Hall–Kier alpha value is -2.79. The summed E-state index contributed by atoms with van der Waals surface area (Å²) in [5.74, 6) is -1.08. The summed E-state index contributed by atoms with van der Waals surface area (Å²) in [5, 5.41) is 0. The first-order valence-electron chi connectivity index (χ1n) is 14.5. The SMILES string of the molecule is CCOP(=O)(CCC(COn1cnc2c(N3C(=O)c4ccccc4C3=O)ncnc21)C(C)(C)C(O[SiH2]C)O[SiH2]C)OCC. The highest BCUT2D eigenvalue weighted by Gasteiger charge is 2.41. The fraction of sp³-hybridized carbons (Fsp3) is 0.519. The molecule has 1 unspecified atom stereocenters. The van der Waals surface area contributed by atoms with Crippen molar-refractivity contribution in [3.63, 3.8) is 0 Å². The van der Waals surface area contributed by atoms with Gasteiger partial charge in [-0.05, 0) is 32.4 Å². The molecule has 1 aliphatic rings. The molecular weight excluding hydrogens is 609 g/mol. The van der Waals surface area contributed by atoms with Crippen LogP contribution in [-0.4, -0.2) is 83.3 Å². The Kier molecular flexibility index (Phi) is 11.0. The number of hydrogen-bond acceptors (Lipinski definition) is 11. The predicted molar refractivity (Wildman–Crippen MR) is 167 cm³/mol. The average Bonchev–Trinajstić information content (AvgIpc) is 3.51. The minimum atomic E-state index is -3.31. The van der Waals surface area contributed by atoms with Crippen LogP contribution in [0.25, 0.3) is 11.2 Å². The van der Waals surface area contributed by atoms with Crippen LogP contribution in [0.15, 0.2) is 36.9 Å². The Balaban J connectivity index is 1.62. The molecule has 0 spiro atoms. The zero-order valence-corrected chi connectivity index (χ0v) is 29.2. The first kappa shape index (κ1) is 33.1. The van der Waals surface area contributed by atoms with Gasteiger partial charge in [0.1, 0.15) is 25.6 Å². The summed E-state index contributed by atoms with van der Waals surface area (Å²) in [6.07, 6.45) is 2.91. The molecule has 1 atom stereocenters. The van der Waals surface area contributed by atoms with E-state index in [-0.39, 0.29) is 43.2 Å². The Morgan fingerprint density at radius 3 is 2.12 bits per heavy atom. The van der Waals surface area contributed by atoms with Crippen LogP contribution < -0.4 is 9.74 Å². The molecule has 13 nitrogen and oxygen atoms in total. The monoisotopic (exact) mass is 649 g/mol. The van der Waals surface area contributed by atoms with E-state index in [2.05, 4.69) is 41.9 Å². The predicted octanol–water partition coefficient (Wildman–Crippen LogP) is 2.98. The van der Waals surface area contributed by atoms with Gasteiger partial charge in [-0.2, -0.15) is 4.73 Å². The van der Waals surface area contributed by atoms with Crippen molar-refractivity contribution in [2.75, 3.05) is 30.9 Å². The molecule has 1 aliphatic heterocycles. The number of carbonyl (C=O) groups excluding carboxylic acids is 2. The molecule has 43 heavy (non-hydrogen) atoms. The molecule has 4 rings (SSSR count). The number of imidazole rings is 1. The molecule has 0 saturated carbocycles. The highest BCUT2D eigenvalue weighted by atomic mass is 31.2. The van der Waals surface area contributed by atoms with Gasteiger partial charge in [0, 0.05) is 11.3 Å². The smallest absolute Gasteiger partial charge is 0.330 e. The fourth-order valence-corrected chi connectivity index (χ4v) is 8.73. The zero-order chi connectivity index (χ0) is 31.2. The summed E-state index contributed by atoms with van der Waals surface area (Å²) in [6, 6.07) is 6.63. The van der Waals surface area contributed by atoms with Gasteiger partial charge in [-0.3, -0.25) is 14.2 Å². The van der Waals surface area contributed by atoms with E-state index in [0.717, 1.165) is 4.90 Å². The second kappa shape index (κ2) is 14.3. The second-order valence-electron chi connectivity index (χ2n) is 10.4. The Morgan fingerprint density at radius 2 is 1.56 bits per heavy atom. The number of hydrogen-bond donors (Lipinski definition) is 0. The van der Waals surface area contributed by atoms with Gasteiger partial charge in [0.15, 0.2) is 30.9 Å². The molecule has 16 heteroatoms. The van der Waals surface area contributed by atoms with E-state index < -0.39 is 50.6 Å². The quantitative estimate of drug-likeness (QED) is 0.0921. The van der Waals surface area contributed by atoms with Crippen molar-refractivity contribution >= 4 is 55.9 Å². The number of amides is 2. The minimum Gasteiger partial charge on any atom is -0.410 e. The molecule has 0 aliphatic carbocycles.